The number of carbonyl (C=O) groups excluding carboxylic acids is 2. The molecule has 0 aliphatic heterocycles. The summed E-state index contributed by atoms with van der Waals surface area (Å²) in [5, 5.41) is 2.64. The van der Waals surface area contributed by atoms with Gasteiger partial charge in [0.15, 0.2) is 6.61 Å². The van der Waals surface area contributed by atoms with Crippen LogP contribution in [0.25, 0.3) is 0 Å². The van der Waals surface area contributed by atoms with Crippen LogP contribution in [0.3, 0.4) is 0 Å². The highest BCUT2D eigenvalue weighted by molar-refractivity contribution is 9.10. The molecule has 2 aromatic carbocycles. The molecule has 0 saturated heterocycles. The summed E-state index contributed by atoms with van der Waals surface area (Å²) in [7, 11) is 1.59. The molecule has 0 aliphatic carbocycles. The molecule has 0 unspecified atom stereocenters. The summed E-state index contributed by atoms with van der Waals surface area (Å²) >= 11 is 3.15. The van der Waals surface area contributed by atoms with Crippen molar-refractivity contribution in [3.63, 3.8) is 0 Å². The Kier molecular flexibility index (Phi) is 6.94. The van der Waals surface area contributed by atoms with Crippen molar-refractivity contribution in [2.24, 2.45) is 0 Å². The van der Waals surface area contributed by atoms with E-state index in [1.54, 1.807) is 7.11 Å². The number of rotatable bonds is 7. The summed E-state index contributed by atoms with van der Waals surface area (Å²) in [5.41, 5.74) is 0.815. The van der Waals surface area contributed by atoms with E-state index >= 15 is 0 Å². The van der Waals surface area contributed by atoms with Crippen LogP contribution < -0.4 is 10.1 Å². The number of amides is 1. The van der Waals surface area contributed by atoms with Gasteiger partial charge in [-0.1, -0.05) is 28.1 Å². The molecule has 0 spiro atoms. The molecule has 0 atom stereocenters. The Labute approximate surface area is 153 Å². The highest BCUT2D eigenvalue weighted by Gasteiger charge is 2.15. The molecule has 5 nitrogen and oxygen atoms in total. The number of carbonyl (C=O) groups is 2. The molecule has 0 bridgehead atoms. The lowest BCUT2D eigenvalue weighted by atomic mass is 10.1. The van der Waals surface area contributed by atoms with Gasteiger partial charge in [0.05, 0.1) is 12.7 Å². The number of halogens is 2. The van der Waals surface area contributed by atoms with Crippen molar-refractivity contribution < 1.29 is 23.5 Å². The zero-order valence-electron chi connectivity index (χ0n) is 13.6. The van der Waals surface area contributed by atoms with Gasteiger partial charge in [0, 0.05) is 11.0 Å². The number of methoxy groups -OCH3 is 1. The highest BCUT2D eigenvalue weighted by Crippen LogP contribution is 2.16. The fourth-order valence-corrected chi connectivity index (χ4v) is 2.41. The lowest BCUT2D eigenvalue weighted by Crippen LogP contribution is -2.30. The van der Waals surface area contributed by atoms with Crippen LogP contribution in [-0.4, -0.2) is 32.1 Å². The second kappa shape index (κ2) is 9.17. The van der Waals surface area contributed by atoms with Crippen molar-refractivity contribution in [1.82, 2.24) is 5.32 Å². The maximum Gasteiger partial charge on any atom is 0.341 e. The molecule has 7 heteroatoms. The first-order valence-corrected chi connectivity index (χ1v) is 8.30. The van der Waals surface area contributed by atoms with Crippen LogP contribution in [0.4, 0.5) is 4.39 Å². The largest absolute Gasteiger partial charge is 0.497 e. The van der Waals surface area contributed by atoms with Crippen molar-refractivity contribution >= 4 is 27.8 Å². The molecular formula is C18H17BrFNO4. The van der Waals surface area contributed by atoms with E-state index in [-0.39, 0.29) is 5.56 Å². The first-order chi connectivity index (χ1) is 12.0. The van der Waals surface area contributed by atoms with Crippen molar-refractivity contribution in [3.8, 4) is 5.75 Å². The topological polar surface area (TPSA) is 64.6 Å². The number of hydrogen-bond acceptors (Lipinski definition) is 4. The Bertz CT molecular complexity index is 749. The SMILES string of the molecule is COc1ccc(CCNC(=O)COC(=O)c2cc(Br)ccc2F)cc1. The van der Waals surface area contributed by atoms with E-state index in [2.05, 4.69) is 21.2 Å². The number of benzene rings is 2. The molecule has 2 aromatic rings. The monoisotopic (exact) mass is 409 g/mol. The van der Waals surface area contributed by atoms with E-state index in [4.69, 9.17) is 9.47 Å². The number of esters is 1. The predicted molar refractivity (Wildman–Crippen MR) is 94.1 cm³/mol. The molecule has 1 N–H and O–H groups in total. The maximum absolute atomic E-state index is 13.6. The minimum absolute atomic E-state index is 0.222. The minimum atomic E-state index is -0.885. The molecular weight excluding hydrogens is 393 g/mol. The van der Waals surface area contributed by atoms with Crippen molar-refractivity contribution in [2.75, 3.05) is 20.3 Å². The fourth-order valence-electron chi connectivity index (χ4n) is 2.05. The molecule has 1 amide bonds. The standard InChI is InChI=1S/C18H17BrFNO4/c1-24-14-5-2-12(3-6-14)8-9-21-17(22)11-25-18(23)15-10-13(19)4-7-16(15)20/h2-7,10H,8-9,11H2,1H3,(H,21,22). The molecule has 0 aliphatic rings. The zero-order valence-corrected chi connectivity index (χ0v) is 15.1. The lowest BCUT2D eigenvalue weighted by molar-refractivity contribution is -0.124. The Morgan fingerprint density at radius 1 is 1.16 bits per heavy atom. The van der Waals surface area contributed by atoms with Crippen molar-refractivity contribution in [3.05, 3.63) is 63.9 Å². The second-order valence-electron chi connectivity index (χ2n) is 5.15. The van der Waals surface area contributed by atoms with Gasteiger partial charge in [0.1, 0.15) is 11.6 Å². The normalized spacial score (nSPS) is 10.2. The van der Waals surface area contributed by atoms with Crippen LogP contribution in [-0.2, 0) is 16.0 Å². The summed E-state index contributed by atoms with van der Waals surface area (Å²) in [6, 6.07) is 11.4. The number of hydrogen-bond donors (Lipinski definition) is 1. The van der Waals surface area contributed by atoms with E-state index in [1.807, 2.05) is 24.3 Å². The van der Waals surface area contributed by atoms with Gasteiger partial charge in [-0.25, -0.2) is 9.18 Å². The summed E-state index contributed by atoms with van der Waals surface area (Å²) in [4.78, 5) is 23.5. The summed E-state index contributed by atoms with van der Waals surface area (Å²) in [6.07, 6.45) is 0.629. The van der Waals surface area contributed by atoms with Gasteiger partial charge in [0.25, 0.3) is 5.91 Å². The van der Waals surface area contributed by atoms with Crippen LogP contribution in [0.2, 0.25) is 0 Å². The van der Waals surface area contributed by atoms with Crippen LogP contribution >= 0.6 is 15.9 Å². The number of ether oxygens (including phenoxy) is 2. The number of nitrogens with one attached hydrogen (secondary N) is 1. The Morgan fingerprint density at radius 2 is 1.88 bits per heavy atom. The first kappa shape index (κ1) is 18.9. The third-order valence-corrected chi connectivity index (χ3v) is 3.87. The summed E-state index contributed by atoms with van der Waals surface area (Å²) < 4.78 is 24.0. The smallest absolute Gasteiger partial charge is 0.341 e. The van der Waals surface area contributed by atoms with Crippen molar-refractivity contribution in [1.29, 1.82) is 0 Å². The van der Waals surface area contributed by atoms with Crippen LogP contribution in [0.15, 0.2) is 46.9 Å². The van der Waals surface area contributed by atoms with Gasteiger partial charge in [-0.15, -0.1) is 0 Å². The molecule has 0 aromatic heterocycles. The molecule has 2 rings (SSSR count). The molecule has 25 heavy (non-hydrogen) atoms. The molecule has 0 radical (unpaired) electrons. The zero-order chi connectivity index (χ0) is 18.2. The van der Waals surface area contributed by atoms with Gasteiger partial charge in [-0.3, -0.25) is 4.79 Å². The minimum Gasteiger partial charge on any atom is -0.497 e. The predicted octanol–water partition coefficient (Wildman–Crippen LogP) is 3.11. The summed E-state index contributed by atoms with van der Waals surface area (Å²) in [5.74, 6) is -1.27. The quantitative estimate of drug-likeness (QED) is 0.713. The molecule has 0 saturated carbocycles. The van der Waals surface area contributed by atoms with E-state index in [9.17, 15) is 14.0 Å². The van der Waals surface area contributed by atoms with Gasteiger partial charge >= 0.3 is 5.97 Å². The first-order valence-electron chi connectivity index (χ1n) is 7.51. The Balaban J connectivity index is 1.74. The van der Waals surface area contributed by atoms with E-state index in [1.165, 1.54) is 12.1 Å². The van der Waals surface area contributed by atoms with E-state index in [0.29, 0.717) is 17.4 Å². The maximum atomic E-state index is 13.6. The second-order valence-corrected chi connectivity index (χ2v) is 6.06. The third kappa shape index (κ3) is 5.86. The van der Waals surface area contributed by atoms with Gasteiger partial charge in [0.2, 0.25) is 0 Å². The average Bonchev–Trinajstić information content (AvgIpc) is 2.62. The van der Waals surface area contributed by atoms with Crippen LogP contribution in [0, 0.1) is 5.82 Å². The fraction of sp³-hybridized carbons (Fsp3) is 0.222. The summed E-state index contributed by atoms with van der Waals surface area (Å²) in [6.45, 7) is -0.0681. The van der Waals surface area contributed by atoms with E-state index in [0.717, 1.165) is 17.4 Å². The third-order valence-electron chi connectivity index (χ3n) is 3.38. The Hall–Kier alpha value is -2.41. The Morgan fingerprint density at radius 3 is 2.56 bits per heavy atom. The lowest BCUT2D eigenvalue weighted by Gasteiger charge is -2.08. The van der Waals surface area contributed by atoms with Crippen LogP contribution in [0.1, 0.15) is 15.9 Å². The molecule has 0 fully saturated rings. The average molecular weight is 410 g/mol. The molecule has 132 valence electrons. The highest BCUT2D eigenvalue weighted by atomic mass is 79.9. The van der Waals surface area contributed by atoms with Crippen molar-refractivity contribution in [2.45, 2.75) is 6.42 Å². The van der Waals surface area contributed by atoms with E-state index < -0.39 is 24.3 Å². The van der Waals surface area contributed by atoms with Gasteiger partial charge < -0.3 is 14.8 Å². The van der Waals surface area contributed by atoms with Gasteiger partial charge in [-0.05, 0) is 42.3 Å². The molecule has 0 heterocycles. The van der Waals surface area contributed by atoms with Crippen LogP contribution in [0.5, 0.6) is 5.75 Å². The van der Waals surface area contributed by atoms with Gasteiger partial charge in [-0.2, -0.15) is 0 Å².